The van der Waals surface area contributed by atoms with Gasteiger partial charge >= 0.3 is 0 Å². The van der Waals surface area contributed by atoms with Crippen molar-refractivity contribution < 1.29 is 4.79 Å². The first kappa shape index (κ1) is 46.6. The molecular weight excluding hydrogens is 1030 g/mol. The maximum atomic E-state index is 11.6. The highest BCUT2D eigenvalue weighted by atomic mass is 79.9. The lowest BCUT2D eigenvalue weighted by atomic mass is 9.70. The zero-order valence-corrected chi connectivity index (χ0v) is 45.2. The van der Waals surface area contributed by atoms with E-state index in [1.165, 1.54) is 139 Å². The Labute approximate surface area is 475 Å². The highest BCUT2D eigenvalue weighted by Crippen LogP contribution is 2.66. The molecule has 3 spiro atoms. The fraction of sp³-hybridized carbons (Fsp3) is 0.0385. The van der Waals surface area contributed by atoms with E-state index in [9.17, 15) is 4.79 Å². The normalized spacial score (nSPS) is 14.5. The largest absolute Gasteiger partial charge is 0.298 e. The highest BCUT2D eigenvalue weighted by molar-refractivity contribution is 9.10. The van der Waals surface area contributed by atoms with Crippen molar-refractivity contribution in [1.29, 1.82) is 0 Å². The zero-order valence-electron chi connectivity index (χ0n) is 43.6. The van der Waals surface area contributed by atoms with Gasteiger partial charge in [0.25, 0.3) is 0 Å². The van der Waals surface area contributed by atoms with E-state index in [1.54, 1.807) is 0 Å². The van der Waals surface area contributed by atoms with Crippen molar-refractivity contribution in [3.63, 3.8) is 0 Å². The van der Waals surface area contributed by atoms with Crippen molar-refractivity contribution >= 4 is 28.3 Å². The molecule has 0 heterocycles. The molecule has 6 aliphatic rings. The van der Waals surface area contributed by atoms with E-state index in [4.69, 9.17) is 0 Å². The van der Waals surface area contributed by atoms with Gasteiger partial charge in [-0.3, -0.25) is 4.79 Å². The van der Waals surface area contributed by atoms with Crippen LogP contribution in [0.25, 0.3) is 72.8 Å². The molecule has 0 N–H and O–H groups in total. The molecule has 0 aliphatic heterocycles. The summed E-state index contributed by atoms with van der Waals surface area (Å²) in [6.07, 6.45) is 2.90. The van der Waals surface area contributed by atoms with Gasteiger partial charge in [-0.15, -0.1) is 0 Å². The number of rotatable bonds is 2. The third kappa shape index (κ3) is 5.98. The van der Waals surface area contributed by atoms with Gasteiger partial charge in [0.15, 0.2) is 0 Å². The number of fused-ring (bicyclic) bond motifs is 30. The van der Waals surface area contributed by atoms with Gasteiger partial charge in [0.05, 0.1) is 16.2 Å². The minimum atomic E-state index is -0.349. The number of benzene rings is 12. The van der Waals surface area contributed by atoms with Crippen LogP contribution in [-0.4, -0.2) is 6.29 Å². The number of halogens is 1. The van der Waals surface area contributed by atoms with Crippen LogP contribution in [0.3, 0.4) is 0 Å². The van der Waals surface area contributed by atoms with Crippen molar-refractivity contribution in [2.75, 3.05) is 0 Å². The van der Waals surface area contributed by atoms with Gasteiger partial charge in [-0.05, 0) is 163 Å². The standard InChI is InChI=1S/C27H18.C26H16O.C25H15Br/c1-2-18-15-16-22-21-11-5-8-14-25(21)27(26(22)17-18)23-12-6-3-9-19(23)20-10-4-7-13-24(20)27;27-16-17-13-14-21-20-9-3-6-12-24(20)26(25(21)15-17)22-10-4-1-7-18(22)19-8-2-5-11-23(19)26;26-16-13-14-20-19-9-3-6-12-23(19)25(24(20)15-16)21-10-4-1-7-17(21)18-8-2-5-11-22(18)25/h2-17H,1H2;1-16H;1-15H. The van der Waals surface area contributed by atoms with E-state index >= 15 is 0 Å². The predicted octanol–water partition coefficient (Wildman–Crippen LogP) is 19.3. The lowest BCUT2D eigenvalue weighted by molar-refractivity contribution is 0.112. The van der Waals surface area contributed by atoms with Crippen molar-refractivity contribution in [2.45, 2.75) is 16.2 Å². The first-order chi connectivity index (χ1) is 39.5. The number of hydrogen-bond donors (Lipinski definition) is 0. The average molecular weight is 1080 g/mol. The van der Waals surface area contributed by atoms with Gasteiger partial charge in [0.2, 0.25) is 0 Å². The Balaban J connectivity index is 0.0000000996. The monoisotopic (exact) mass is 1080 g/mol. The van der Waals surface area contributed by atoms with E-state index in [-0.39, 0.29) is 16.2 Å². The molecule has 0 unspecified atom stereocenters. The van der Waals surface area contributed by atoms with E-state index in [0.717, 1.165) is 16.3 Å². The molecule has 0 atom stereocenters. The summed E-state index contributed by atoms with van der Waals surface area (Å²) in [4.78, 5) is 11.6. The summed E-state index contributed by atoms with van der Waals surface area (Å²) in [7, 11) is 0. The van der Waals surface area contributed by atoms with Crippen LogP contribution < -0.4 is 0 Å². The molecule has 0 fully saturated rings. The molecule has 18 rings (SSSR count). The van der Waals surface area contributed by atoms with Gasteiger partial charge in [0, 0.05) is 10.0 Å². The second-order valence-corrected chi connectivity index (χ2v) is 22.7. The fourth-order valence-electron chi connectivity index (χ4n) is 15.5. The summed E-state index contributed by atoms with van der Waals surface area (Å²) in [6.45, 7) is 4.01. The number of aldehydes is 1. The van der Waals surface area contributed by atoms with Crippen LogP contribution in [0.5, 0.6) is 0 Å². The second kappa shape index (κ2) is 17.5. The topological polar surface area (TPSA) is 17.1 Å². The van der Waals surface area contributed by atoms with Crippen molar-refractivity contribution in [1.82, 2.24) is 0 Å². The maximum Gasteiger partial charge on any atom is 0.150 e. The smallest absolute Gasteiger partial charge is 0.150 e. The maximum absolute atomic E-state index is 11.6. The number of hydrogen-bond acceptors (Lipinski definition) is 1. The Morgan fingerprint density at radius 3 is 0.725 bits per heavy atom. The van der Waals surface area contributed by atoms with Gasteiger partial charge in [-0.2, -0.15) is 0 Å². The highest BCUT2D eigenvalue weighted by Gasteiger charge is 2.54. The van der Waals surface area contributed by atoms with E-state index in [1.807, 2.05) is 12.1 Å². The fourth-order valence-corrected chi connectivity index (χ4v) is 15.9. The van der Waals surface area contributed by atoms with Crippen molar-refractivity contribution in [3.8, 4) is 66.8 Å². The predicted molar refractivity (Wildman–Crippen MR) is 331 cm³/mol. The number of carbonyl (C=O) groups is 1. The Morgan fingerprint density at radius 2 is 0.463 bits per heavy atom. The average Bonchev–Trinajstić information content (AvgIpc) is 4.34. The number of carbonyl (C=O) groups excluding carboxylic acids is 1. The van der Waals surface area contributed by atoms with Crippen LogP contribution in [0.15, 0.2) is 284 Å². The Morgan fingerprint density at radius 1 is 0.250 bits per heavy atom. The second-order valence-electron chi connectivity index (χ2n) is 21.8. The van der Waals surface area contributed by atoms with Crippen LogP contribution in [0.4, 0.5) is 0 Å². The Hall–Kier alpha value is -9.47. The summed E-state index contributed by atoms with van der Waals surface area (Å²) in [5.74, 6) is 0. The molecule has 0 bridgehead atoms. The Kier molecular flexibility index (Phi) is 10.2. The Bertz CT molecular complexity index is 4240. The molecule has 6 aliphatic carbocycles. The van der Waals surface area contributed by atoms with E-state index in [0.29, 0.717) is 0 Å². The van der Waals surface area contributed by atoms with Crippen LogP contribution in [0.2, 0.25) is 0 Å². The first-order valence-electron chi connectivity index (χ1n) is 27.6. The van der Waals surface area contributed by atoms with Crippen LogP contribution in [0, 0.1) is 0 Å². The molecule has 12 aromatic rings. The molecule has 374 valence electrons. The molecule has 0 saturated heterocycles. The molecule has 12 aromatic carbocycles. The zero-order chi connectivity index (χ0) is 53.3. The van der Waals surface area contributed by atoms with Crippen LogP contribution >= 0.6 is 15.9 Å². The van der Waals surface area contributed by atoms with Gasteiger partial charge in [-0.1, -0.05) is 277 Å². The summed E-state index contributed by atoms with van der Waals surface area (Å²) < 4.78 is 1.13. The summed E-state index contributed by atoms with van der Waals surface area (Å²) in [6, 6.07) is 99.0. The van der Waals surface area contributed by atoms with Gasteiger partial charge in [-0.25, -0.2) is 0 Å². The summed E-state index contributed by atoms with van der Waals surface area (Å²) in [5.41, 5.74) is 33.1. The lowest BCUT2D eigenvalue weighted by Gasteiger charge is -2.30. The first-order valence-corrected chi connectivity index (χ1v) is 28.4. The summed E-state index contributed by atoms with van der Waals surface area (Å²) >= 11 is 3.72. The quantitative estimate of drug-likeness (QED) is 0.158. The third-order valence-corrected chi connectivity index (χ3v) is 18.9. The lowest BCUT2D eigenvalue weighted by Crippen LogP contribution is -2.25. The summed E-state index contributed by atoms with van der Waals surface area (Å²) in [5, 5.41) is 0. The van der Waals surface area contributed by atoms with Crippen molar-refractivity contribution in [3.05, 3.63) is 362 Å². The molecule has 2 heteroatoms. The molecule has 0 aromatic heterocycles. The minimum Gasteiger partial charge on any atom is -0.298 e. The van der Waals surface area contributed by atoms with Crippen LogP contribution in [0.1, 0.15) is 82.7 Å². The van der Waals surface area contributed by atoms with Gasteiger partial charge in [0.1, 0.15) is 6.29 Å². The minimum absolute atomic E-state index is 0.219. The third-order valence-electron chi connectivity index (χ3n) is 18.4. The molecular formula is C78H49BrO. The van der Waals surface area contributed by atoms with E-state index < -0.39 is 0 Å². The van der Waals surface area contributed by atoms with Crippen LogP contribution in [-0.2, 0) is 16.2 Å². The SMILES string of the molecule is Brc1ccc2c(c1)C1(c3ccccc3-c3ccccc31)c1ccccc1-2.C=Cc1ccc2c(c1)C1(c3ccccc3-c3ccccc31)c1ccccc1-2.O=Cc1ccc2c(c1)C1(c3ccccc3-c3ccccc31)c1ccccc1-2. The molecule has 80 heavy (non-hydrogen) atoms. The molecule has 1 nitrogen and oxygen atoms in total. The van der Waals surface area contributed by atoms with E-state index in [2.05, 4.69) is 289 Å². The molecule has 0 amide bonds. The molecule has 0 radical (unpaired) electrons. The van der Waals surface area contributed by atoms with Gasteiger partial charge < -0.3 is 0 Å². The van der Waals surface area contributed by atoms with Crippen molar-refractivity contribution in [2.24, 2.45) is 0 Å². The molecule has 0 saturated carbocycles.